The standard InChI is InChI=1S/C47H70N12O12.C2HF3O2/c1-29(2)39-42(66)49-22-31(48)43(67)58-20-12-10-16-33(58)40(64)50-25-36(61)55(4)27-38(63)57(6)47(18-19-47)45(69)52-23-32(53-46(70)71-28-30-14-8-7-9-15-30)44(68)59-21-13-11-17-34(59)41(65)51-24-35(60)54(3)26-37(62)56(39)5;3-2(4,5)1(6)7/h7-9,14-15,29,31-34,39H,10-13,16-28,48H2,1-6H3,(H,49,66)(H,50,64)(H,51,65)(H,52,69)(H,53,70);(H,6,7)/t31-,32-,33+,34+,39+;/m1./s1. The van der Waals surface area contributed by atoms with Crippen LogP contribution in [0.15, 0.2) is 30.3 Å². The molecule has 5 atom stereocenters. The van der Waals surface area contributed by atoms with Crippen molar-refractivity contribution < 1.29 is 80.5 Å². The number of benzene rings is 1. The topological polar surface area (TPSA) is 340 Å². The van der Waals surface area contributed by atoms with Crippen molar-refractivity contribution in [2.75, 3.05) is 80.5 Å². The Hall–Kier alpha value is -7.59. The van der Waals surface area contributed by atoms with Crippen molar-refractivity contribution in [3.8, 4) is 0 Å². The lowest BCUT2D eigenvalue weighted by Gasteiger charge is -2.37. The van der Waals surface area contributed by atoms with Gasteiger partial charge < -0.3 is 71.6 Å². The Morgan fingerprint density at radius 3 is 1.71 bits per heavy atom. The van der Waals surface area contributed by atoms with E-state index in [9.17, 15) is 65.9 Å². The lowest BCUT2D eigenvalue weighted by Crippen LogP contribution is -2.61. The largest absolute Gasteiger partial charge is 0.490 e. The quantitative estimate of drug-likeness (QED) is 0.169. The van der Waals surface area contributed by atoms with Crippen LogP contribution >= 0.6 is 0 Å². The number of carboxylic acid groups (broad SMARTS) is 1. The maximum atomic E-state index is 14.4. The number of alkyl halides is 3. The predicted octanol–water partition coefficient (Wildman–Crippen LogP) is -2.13. The van der Waals surface area contributed by atoms with Crippen LogP contribution in [0.2, 0.25) is 0 Å². The van der Waals surface area contributed by atoms with Crippen LogP contribution in [0.25, 0.3) is 0 Å². The minimum Gasteiger partial charge on any atom is -0.475 e. The summed E-state index contributed by atoms with van der Waals surface area (Å²) in [4.78, 5) is 166. The van der Waals surface area contributed by atoms with Crippen molar-refractivity contribution in [1.29, 1.82) is 0 Å². The van der Waals surface area contributed by atoms with E-state index in [0.717, 1.165) is 9.80 Å². The summed E-state index contributed by atoms with van der Waals surface area (Å²) in [5, 5.41) is 20.1. The van der Waals surface area contributed by atoms with Gasteiger partial charge in [0.05, 0.1) is 26.2 Å². The molecule has 0 radical (unpaired) electrons. The summed E-state index contributed by atoms with van der Waals surface area (Å²) < 4.78 is 37.1. The maximum Gasteiger partial charge on any atom is 0.490 e. The number of aliphatic carboxylic acids is 1. The molecule has 4 aliphatic rings. The van der Waals surface area contributed by atoms with Crippen molar-refractivity contribution in [2.45, 2.75) is 114 Å². The van der Waals surface area contributed by atoms with Crippen LogP contribution < -0.4 is 32.3 Å². The van der Waals surface area contributed by atoms with Crippen LogP contribution in [0.4, 0.5) is 18.0 Å². The van der Waals surface area contributed by atoms with E-state index >= 15 is 0 Å². The van der Waals surface area contributed by atoms with Gasteiger partial charge in [0.15, 0.2) is 0 Å². The fraction of sp³-hybridized carbons (Fsp3) is 0.633. The minimum atomic E-state index is -5.08. The van der Waals surface area contributed by atoms with Gasteiger partial charge >= 0.3 is 18.2 Å². The van der Waals surface area contributed by atoms with E-state index in [-0.39, 0.29) is 51.9 Å². The highest BCUT2D eigenvalue weighted by Gasteiger charge is 2.55. The zero-order chi connectivity index (χ0) is 58.2. The van der Waals surface area contributed by atoms with Gasteiger partial charge in [0.1, 0.15) is 42.4 Å². The third-order valence-corrected chi connectivity index (χ3v) is 13.8. The highest BCUT2D eigenvalue weighted by atomic mass is 19.4. The SMILES string of the molecule is CC(C)[C@H]1C(=O)NC[C@@H](N)C(=O)N2CCCC[C@H]2C(=O)NCC(=O)N(C)CC(=O)N(C)C2(CC2)C(=O)NC[C@@H](NC(=O)OCc2ccccc2)C(=O)N2CCCC[C@H]2C(=O)NCC(=O)N(C)CC(=O)N1C.O=C(O)C(F)(F)F. The molecule has 3 saturated heterocycles. The van der Waals surface area contributed by atoms with Gasteiger partial charge in [-0.15, -0.1) is 0 Å². The van der Waals surface area contributed by atoms with E-state index < -0.39 is 152 Å². The average molecular weight is 1110 g/mol. The van der Waals surface area contributed by atoms with Crippen molar-refractivity contribution in [2.24, 2.45) is 11.7 Å². The first kappa shape index (κ1) is 62.9. The molecule has 3 heterocycles. The van der Waals surface area contributed by atoms with Crippen LogP contribution in [-0.4, -0.2) is 228 Å². The summed E-state index contributed by atoms with van der Waals surface area (Å²) >= 11 is 0. The second-order valence-electron chi connectivity index (χ2n) is 19.8. The molecule has 432 valence electrons. The number of nitrogens with zero attached hydrogens (tertiary/aromatic N) is 6. The average Bonchev–Trinajstić information content (AvgIpc) is 4.36. The first-order valence-electron chi connectivity index (χ1n) is 25.4. The number of nitrogens with two attached hydrogens (primary N) is 1. The van der Waals surface area contributed by atoms with Gasteiger partial charge in [-0.25, -0.2) is 9.59 Å². The predicted molar refractivity (Wildman–Crippen MR) is 267 cm³/mol. The summed E-state index contributed by atoms with van der Waals surface area (Å²) in [5.41, 5.74) is 5.60. The molecular formula is C49H71F3N12O14. The molecule has 1 aromatic carbocycles. The van der Waals surface area contributed by atoms with E-state index in [1.54, 1.807) is 44.2 Å². The number of rotatable bonds is 4. The molecule has 0 unspecified atom stereocenters. The lowest BCUT2D eigenvalue weighted by atomic mass is 9.99. The Kier molecular flexibility index (Phi) is 22.7. The highest BCUT2D eigenvalue weighted by molar-refractivity contribution is 5.98. The lowest BCUT2D eigenvalue weighted by molar-refractivity contribution is -0.192. The first-order valence-corrected chi connectivity index (χ1v) is 25.4. The Balaban J connectivity index is 0.00000175. The number of carbonyl (C=O) groups is 12. The molecular weight excluding hydrogens is 1040 g/mol. The Morgan fingerprint density at radius 1 is 0.718 bits per heavy atom. The van der Waals surface area contributed by atoms with Crippen molar-refractivity contribution in [1.82, 2.24) is 56.0 Å². The summed E-state index contributed by atoms with van der Waals surface area (Å²) in [6, 6.07) is 2.95. The molecule has 1 spiro atoms. The molecule has 0 bridgehead atoms. The molecule has 3 aliphatic heterocycles. The number of fused-ring (bicyclic) bond motifs is 2. The van der Waals surface area contributed by atoms with Gasteiger partial charge in [0, 0.05) is 54.4 Å². The van der Waals surface area contributed by atoms with Gasteiger partial charge in [-0.3, -0.25) is 47.9 Å². The van der Waals surface area contributed by atoms with Gasteiger partial charge in [-0.1, -0.05) is 44.2 Å². The van der Waals surface area contributed by atoms with Crippen LogP contribution in [0.1, 0.15) is 70.8 Å². The second-order valence-corrected chi connectivity index (χ2v) is 19.8. The third kappa shape index (κ3) is 17.2. The smallest absolute Gasteiger partial charge is 0.475 e. The molecule has 1 saturated carbocycles. The molecule has 1 aliphatic carbocycles. The number of halogens is 3. The second kappa shape index (κ2) is 28.2. The Labute approximate surface area is 448 Å². The number of carboxylic acids is 1. The Bertz CT molecular complexity index is 2390. The number of ether oxygens (including phenoxy) is 1. The van der Waals surface area contributed by atoms with Crippen LogP contribution in [0, 0.1) is 5.92 Å². The third-order valence-electron chi connectivity index (χ3n) is 13.8. The molecule has 1 aromatic rings. The highest BCUT2D eigenvalue weighted by Crippen LogP contribution is 2.41. The van der Waals surface area contributed by atoms with Gasteiger partial charge in [0.2, 0.25) is 59.1 Å². The van der Waals surface area contributed by atoms with Crippen LogP contribution in [-0.2, 0) is 64.1 Å². The van der Waals surface area contributed by atoms with E-state index in [1.807, 2.05) is 0 Å². The van der Waals surface area contributed by atoms with E-state index in [4.69, 9.17) is 20.4 Å². The number of carbonyl (C=O) groups excluding carboxylic acids is 11. The normalized spacial score (nSPS) is 24.5. The molecule has 0 aromatic heterocycles. The molecule has 29 heteroatoms. The van der Waals surface area contributed by atoms with Gasteiger partial charge in [-0.2, -0.15) is 13.2 Å². The molecule has 78 heavy (non-hydrogen) atoms. The zero-order valence-corrected chi connectivity index (χ0v) is 44.5. The summed E-state index contributed by atoms with van der Waals surface area (Å²) in [7, 11) is 5.51. The number of alkyl carbamates (subject to hydrolysis) is 1. The van der Waals surface area contributed by atoms with Gasteiger partial charge in [0.25, 0.3) is 0 Å². The molecule has 26 nitrogen and oxygen atoms in total. The molecule has 8 N–H and O–H groups in total. The minimum absolute atomic E-state index is 0.0970. The van der Waals surface area contributed by atoms with Crippen LogP contribution in [0.3, 0.4) is 0 Å². The molecule has 5 rings (SSSR count). The van der Waals surface area contributed by atoms with Gasteiger partial charge in [-0.05, 0) is 62.8 Å². The van der Waals surface area contributed by atoms with E-state index in [2.05, 4.69) is 26.6 Å². The Morgan fingerprint density at radius 2 is 1.22 bits per heavy atom. The molecule has 11 amide bonds. The maximum absolute atomic E-state index is 14.4. The van der Waals surface area contributed by atoms with Crippen LogP contribution in [0.5, 0.6) is 0 Å². The number of likely N-dealkylation sites (N-methyl/N-ethyl adjacent to an activating group) is 4. The fourth-order valence-electron chi connectivity index (χ4n) is 9.00. The van der Waals surface area contributed by atoms with E-state index in [1.165, 1.54) is 47.8 Å². The summed E-state index contributed by atoms with van der Waals surface area (Å²) in [6.45, 7) is 0.776. The zero-order valence-electron chi connectivity index (χ0n) is 44.5. The van der Waals surface area contributed by atoms with E-state index in [0.29, 0.717) is 31.2 Å². The number of hydrogen-bond donors (Lipinski definition) is 7. The number of hydrogen-bond acceptors (Lipinski definition) is 14. The first-order chi connectivity index (χ1) is 36.6. The van der Waals surface area contributed by atoms with Crippen molar-refractivity contribution in [3.63, 3.8) is 0 Å². The number of piperidine rings is 2. The van der Waals surface area contributed by atoms with Crippen molar-refractivity contribution >= 4 is 71.1 Å². The summed E-state index contributed by atoms with van der Waals surface area (Å²) in [5.74, 6) is -9.56. The monoisotopic (exact) mass is 1110 g/mol. The number of amides is 11. The molecule has 4 fully saturated rings. The summed E-state index contributed by atoms with van der Waals surface area (Å²) in [6.07, 6.45) is -2.84. The number of nitrogens with one attached hydrogen (secondary N) is 5. The fourth-order valence-corrected chi connectivity index (χ4v) is 9.00. The van der Waals surface area contributed by atoms with Crippen molar-refractivity contribution in [3.05, 3.63) is 35.9 Å².